The molecule has 7 nitrogen and oxygen atoms in total. The zero-order valence-corrected chi connectivity index (χ0v) is 22.0. The fraction of sp³-hybridized carbons (Fsp3) is 0.714. The van der Waals surface area contributed by atoms with Gasteiger partial charge in [0, 0.05) is 12.8 Å². The van der Waals surface area contributed by atoms with E-state index in [1.54, 1.807) is 13.0 Å². The number of ketones is 1. The van der Waals surface area contributed by atoms with E-state index in [1.165, 1.54) is 0 Å². The Kier molecular flexibility index (Phi) is 9.49. The van der Waals surface area contributed by atoms with Crippen LogP contribution in [0.1, 0.15) is 67.2 Å². The second kappa shape index (κ2) is 12.0. The minimum Gasteiger partial charge on any atom is -0.387 e. The molecule has 0 aromatic carbocycles. The van der Waals surface area contributed by atoms with Crippen molar-refractivity contribution in [1.82, 2.24) is 5.32 Å². The molecule has 0 bridgehead atoms. The van der Waals surface area contributed by atoms with Crippen molar-refractivity contribution >= 4 is 11.7 Å². The third-order valence-electron chi connectivity index (χ3n) is 7.20. The third kappa shape index (κ3) is 7.84. The van der Waals surface area contributed by atoms with Crippen LogP contribution in [0.3, 0.4) is 0 Å². The van der Waals surface area contributed by atoms with E-state index in [2.05, 4.69) is 18.3 Å². The first-order valence-corrected chi connectivity index (χ1v) is 12.9. The molecule has 0 unspecified atom stereocenters. The van der Waals surface area contributed by atoms with Crippen LogP contribution in [0.2, 0.25) is 0 Å². The van der Waals surface area contributed by atoms with Crippen molar-refractivity contribution in [3.8, 4) is 0 Å². The van der Waals surface area contributed by atoms with Crippen LogP contribution in [0, 0.1) is 11.8 Å². The van der Waals surface area contributed by atoms with E-state index in [1.807, 2.05) is 45.9 Å². The molecule has 8 atom stereocenters. The van der Waals surface area contributed by atoms with Crippen LogP contribution in [0.5, 0.6) is 0 Å². The highest BCUT2D eigenvalue weighted by Crippen LogP contribution is 2.43. The summed E-state index contributed by atoms with van der Waals surface area (Å²) in [5.41, 5.74) is 0.487. The van der Waals surface area contributed by atoms with Gasteiger partial charge in [-0.15, -0.1) is 0 Å². The molecule has 1 spiro atoms. The molecule has 0 aromatic rings. The number of ether oxygens (including phenoxy) is 3. The fourth-order valence-electron chi connectivity index (χ4n) is 4.96. The lowest BCUT2D eigenvalue weighted by Crippen LogP contribution is -2.50. The smallest absolute Gasteiger partial charge is 0.243 e. The number of aliphatic hydroxyl groups excluding tert-OH is 1. The Morgan fingerprint density at radius 2 is 1.89 bits per heavy atom. The van der Waals surface area contributed by atoms with Gasteiger partial charge in [0.05, 0.1) is 31.0 Å². The van der Waals surface area contributed by atoms with Crippen LogP contribution in [0.15, 0.2) is 36.0 Å². The van der Waals surface area contributed by atoms with Crippen LogP contribution >= 0.6 is 0 Å². The molecule has 3 heterocycles. The van der Waals surface area contributed by atoms with Crippen molar-refractivity contribution in [3.05, 3.63) is 36.0 Å². The van der Waals surface area contributed by atoms with Gasteiger partial charge >= 0.3 is 0 Å². The molecule has 3 rings (SSSR count). The minimum absolute atomic E-state index is 0.000356. The minimum atomic E-state index is -0.736. The van der Waals surface area contributed by atoms with E-state index in [0.717, 1.165) is 18.4 Å². The molecule has 7 heteroatoms. The number of carbonyl (C=O) groups is 2. The topological polar surface area (TPSA) is 97.4 Å². The van der Waals surface area contributed by atoms with Crippen molar-refractivity contribution in [2.75, 3.05) is 6.61 Å². The average molecular weight is 490 g/mol. The van der Waals surface area contributed by atoms with Gasteiger partial charge in [-0.05, 0) is 51.5 Å². The second-order valence-corrected chi connectivity index (χ2v) is 11.0. The number of aliphatic hydroxyl groups is 1. The molecular weight excluding hydrogens is 446 g/mol. The Balaban J connectivity index is 1.52. The van der Waals surface area contributed by atoms with Gasteiger partial charge in [-0.2, -0.15) is 0 Å². The summed E-state index contributed by atoms with van der Waals surface area (Å²) < 4.78 is 17.8. The van der Waals surface area contributed by atoms with Gasteiger partial charge < -0.3 is 24.6 Å². The Labute approximate surface area is 210 Å². The fourth-order valence-corrected chi connectivity index (χ4v) is 4.96. The van der Waals surface area contributed by atoms with E-state index in [4.69, 9.17) is 14.2 Å². The van der Waals surface area contributed by atoms with Gasteiger partial charge in [-0.25, -0.2) is 0 Å². The van der Waals surface area contributed by atoms with E-state index in [-0.39, 0.29) is 36.0 Å². The van der Waals surface area contributed by atoms with Crippen molar-refractivity contribution in [1.29, 1.82) is 0 Å². The summed E-state index contributed by atoms with van der Waals surface area (Å²) in [6.07, 6.45) is 10.6. The van der Waals surface area contributed by atoms with Crippen LogP contribution in [0.25, 0.3) is 0 Å². The Morgan fingerprint density at radius 3 is 2.51 bits per heavy atom. The Morgan fingerprint density at radius 1 is 1.17 bits per heavy atom. The highest BCUT2D eigenvalue weighted by molar-refractivity contribution is 5.87. The van der Waals surface area contributed by atoms with E-state index < -0.39 is 17.8 Å². The maximum absolute atomic E-state index is 12.2. The lowest BCUT2D eigenvalue weighted by molar-refractivity contribution is -0.143. The normalized spacial score (nSPS) is 37.9. The number of rotatable bonds is 9. The molecule has 0 radical (unpaired) electrons. The Bertz CT molecular complexity index is 842. The molecular formula is C28H43NO6. The predicted octanol–water partition coefficient (Wildman–Crippen LogP) is 3.66. The quantitative estimate of drug-likeness (QED) is 0.291. The monoisotopic (exact) mass is 489 g/mol. The predicted molar refractivity (Wildman–Crippen MR) is 135 cm³/mol. The largest absolute Gasteiger partial charge is 0.387 e. The van der Waals surface area contributed by atoms with Gasteiger partial charge in [0.1, 0.15) is 23.6 Å². The molecule has 3 aliphatic heterocycles. The van der Waals surface area contributed by atoms with Gasteiger partial charge in [-0.3, -0.25) is 9.59 Å². The second-order valence-electron chi connectivity index (χ2n) is 11.0. The third-order valence-corrected chi connectivity index (χ3v) is 7.20. The lowest BCUT2D eigenvalue weighted by atomic mass is 9.87. The SMILES string of the molecule is CC(=O)C[C@@H]1C[C@@]2(CO2)[C@H](O)[C@@H](/C=C/C(C)=C/C[C@@H]2O[C@H](C)[C@H](NC(=O)/C=C\C(C)C)C[C@H]2C)O1. The summed E-state index contributed by atoms with van der Waals surface area (Å²) in [7, 11) is 0. The highest BCUT2D eigenvalue weighted by Gasteiger charge is 2.58. The number of Topliss-reactive ketones (excluding diaryl/α,β-unsaturated/α-hetero) is 1. The number of hydrogen-bond donors (Lipinski definition) is 2. The summed E-state index contributed by atoms with van der Waals surface area (Å²) in [4.78, 5) is 23.7. The van der Waals surface area contributed by atoms with Crippen molar-refractivity contribution in [2.24, 2.45) is 11.8 Å². The zero-order valence-electron chi connectivity index (χ0n) is 22.0. The first kappa shape index (κ1) is 27.8. The van der Waals surface area contributed by atoms with Gasteiger partial charge in [0.2, 0.25) is 5.91 Å². The first-order chi connectivity index (χ1) is 16.5. The van der Waals surface area contributed by atoms with Crippen LogP contribution in [-0.4, -0.2) is 65.6 Å². The molecule has 2 N–H and O–H groups in total. The molecule has 35 heavy (non-hydrogen) atoms. The van der Waals surface area contributed by atoms with Gasteiger partial charge in [0.25, 0.3) is 0 Å². The van der Waals surface area contributed by atoms with Gasteiger partial charge in [-0.1, -0.05) is 50.6 Å². The van der Waals surface area contributed by atoms with Crippen molar-refractivity contribution in [3.63, 3.8) is 0 Å². The molecule has 3 saturated heterocycles. The van der Waals surface area contributed by atoms with Gasteiger partial charge in [0.15, 0.2) is 0 Å². The van der Waals surface area contributed by atoms with E-state index >= 15 is 0 Å². The number of nitrogens with one attached hydrogen (secondary N) is 1. The van der Waals surface area contributed by atoms with Crippen molar-refractivity contribution in [2.45, 2.75) is 109 Å². The number of epoxide rings is 1. The summed E-state index contributed by atoms with van der Waals surface area (Å²) in [6, 6.07) is 0.000356. The van der Waals surface area contributed by atoms with Crippen LogP contribution in [0.4, 0.5) is 0 Å². The Hall–Kier alpha value is -1.80. The number of amides is 1. The molecule has 0 aromatic heterocycles. The van der Waals surface area contributed by atoms with Crippen LogP contribution in [-0.2, 0) is 23.8 Å². The maximum atomic E-state index is 12.2. The summed E-state index contributed by atoms with van der Waals surface area (Å²) in [6.45, 7) is 12.3. The molecule has 196 valence electrons. The molecule has 1 amide bonds. The van der Waals surface area contributed by atoms with Crippen LogP contribution < -0.4 is 5.32 Å². The zero-order chi connectivity index (χ0) is 25.8. The highest BCUT2D eigenvalue weighted by atomic mass is 16.6. The average Bonchev–Trinajstić information content (AvgIpc) is 3.54. The number of hydrogen-bond acceptors (Lipinski definition) is 6. The standard InChI is InChI=1S/C28H43NO6/c1-17(2)7-12-26(31)29-23-13-19(4)24(34-21(23)6)10-8-18(3)9-11-25-27(32)28(16-33-28)15-22(35-25)14-20(5)30/h7-9,11-12,17,19,21-25,27,32H,10,13-16H2,1-6H3,(H,29,31)/b11-9+,12-7-,18-8+/t19-,21-,22-,23-,24+,25-,27-,28-/m1/s1. The molecule has 0 saturated carbocycles. The summed E-state index contributed by atoms with van der Waals surface area (Å²) in [5, 5.41) is 13.8. The number of allylic oxidation sites excluding steroid dienone is 3. The van der Waals surface area contributed by atoms with E-state index in [9.17, 15) is 14.7 Å². The molecule has 3 aliphatic rings. The summed E-state index contributed by atoms with van der Waals surface area (Å²) >= 11 is 0. The first-order valence-electron chi connectivity index (χ1n) is 12.9. The van der Waals surface area contributed by atoms with Crippen molar-refractivity contribution < 1.29 is 28.9 Å². The lowest BCUT2D eigenvalue weighted by Gasteiger charge is -2.39. The van der Waals surface area contributed by atoms with E-state index in [0.29, 0.717) is 31.3 Å². The maximum Gasteiger partial charge on any atom is 0.243 e. The molecule has 3 fully saturated rings. The summed E-state index contributed by atoms with van der Waals surface area (Å²) in [5.74, 6) is 0.653. The molecule has 0 aliphatic carbocycles. The number of carbonyl (C=O) groups excluding carboxylic acids is 2.